The Balaban J connectivity index is 1.62. The largest absolute Gasteiger partial charge is 0.453 e. The summed E-state index contributed by atoms with van der Waals surface area (Å²) in [6.45, 7) is 3.13. The van der Waals surface area contributed by atoms with Crippen molar-refractivity contribution < 1.29 is 14.3 Å². The highest BCUT2D eigenvalue weighted by Crippen LogP contribution is 2.37. The standard InChI is InChI=1S/C23H35N7O3/c1-14(24)9-20(25)27-21-12-19(15-7-8-33-13-15)26-22(28-21)29(2)18-10-16-5-4-6-17(11-18)30(16)23(31)32-3/h9,12,15-18H,4-8,10-11,13,24H2,1-3H3,(H2,25,26,27,28)/b14-9-/t15?,16-,17+,18?. The quantitative estimate of drug-likeness (QED) is 0.509. The molecule has 180 valence electrons. The van der Waals surface area contributed by atoms with Crippen LogP contribution in [0.3, 0.4) is 0 Å². The number of nitrogens with zero attached hydrogens (tertiary/aromatic N) is 5. The average molecular weight is 458 g/mol. The Kier molecular flexibility index (Phi) is 7.02. The topological polar surface area (TPSA) is 132 Å². The Morgan fingerprint density at radius 1 is 1.27 bits per heavy atom. The molecular weight excluding hydrogens is 422 g/mol. The van der Waals surface area contributed by atoms with Gasteiger partial charge >= 0.3 is 6.09 Å². The van der Waals surface area contributed by atoms with Crippen LogP contribution in [0.2, 0.25) is 0 Å². The summed E-state index contributed by atoms with van der Waals surface area (Å²) < 4.78 is 10.6. The number of hydrogen-bond acceptors (Lipinski definition) is 8. The van der Waals surface area contributed by atoms with Crippen molar-refractivity contribution in [2.75, 3.05) is 32.3 Å². The van der Waals surface area contributed by atoms with E-state index in [0.717, 1.165) is 50.8 Å². The van der Waals surface area contributed by atoms with Crippen LogP contribution >= 0.6 is 0 Å². The molecule has 10 heteroatoms. The van der Waals surface area contributed by atoms with Crippen molar-refractivity contribution in [2.24, 2.45) is 16.5 Å². The van der Waals surface area contributed by atoms with Crippen LogP contribution in [0.1, 0.15) is 57.1 Å². The van der Waals surface area contributed by atoms with Crippen molar-refractivity contribution in [2.45, 2.75) is 69.5 Å². The van der Waals surface area contributed by atoms with Crippen molar-refractivity contribution in [3.63, 3.8) is 0 Å². The maximum atomic E-state index is 12.4. The molecule has 4 heterocycles. The number of anilines is 1. The van der Waals surface area contributed by atoms with Crippen molar-refractivity contribution >= 4 is 23.7 Å². The Morgan fingerprint density at radius 3 is 2.61 bits per heavy atom. The number of ether oxygens (including phenoxy) is 2. The molecule has 4 N–H and O–H groups in total. The number of allylic oxidation sites excluding steroid dienone is 1. The van der Waals surface area contributed by atoms with E-state index in [1.165, 1.54) is 7.11 Å². The van der Waals surface area contributed by atoms with E-state index in [1.54, 1.807) is 13.0 Å². The van der Waals surface area contributed by atoms with Gasteiger partial charge in [0.2, 0.25) is 5.95 Å². The third-order valence-electron chi connectivity index (χ3n) is 6.89. The van der Waals surface area contributed by atoms with E-state index in [0.29, 0.717) is 29.9 Å². The molecule has 2 unspecified atom stereocenters. The SMILES string of the molecule is COC(=O)N1[C@@H]2CCC[C@H]1CC(N(C)c1nc(N=C(N)/C=C(/C)N)cc(C3CCOC3)n1)C2. The van der Waals surface area contributed by atoms with Crippen LogP contribution in [0.25, 0.3) is 0 Å². The first-order valence-corrected chi connectivity index (χ1v) is 11.7. The average Bonchev–Trinajstić information content (AvgIpc) is 3.31. The van der Waals surface area contributed by atoms with Crippen LogP contribution in [0, 0.1) is 0 Å². The number of amides is 1. The minimum Gasteiger partial charge on any atom is -0.453 e. The van der Waals surface area contributed by atoms with Gasteiger partial charge in [0, 0.05) is 49.5 Å². The Morgan fingerprint density at radius 2 is 2.00 bits per heavy atom. The predicted octanol–water partition coefficient (Wildman–Crippen LogP) is 2.42. The highest BCUT2D eigenvalue weighted by atomic mass is 16.5. The maximum Gasteiger partial charge on any atom is 0.409 e. The van der Waals surface area contributed by atoms with Gasteiger partial charge in [0.05, 0.1) is 19.4 Å². The number of amidine groups is 1. The molecule has 3 aliphatic rings. The molecule has 0 aliphatic carbocycles. The van der Waals surface area contributed by atoms with Gasteiger partial charge in [-0.1, -0.05) is 0 Å². The summed E-state index contributed by atoms with van der Waals surface area (Å²) in [5.41, 5.74) is 13.3. The molecule has 3 fully saturated rings. The molecule has 0 spiro atoms. The third kappa shape index (κ3) is 5.21. The van der Waals surface area contributed by atoms with Crippen molar-refractivity contribution in [3.05, 3.63) is 23.5 Å². The molecule has 10 nitrogen and oxygen atoms in total. The van der Waals surface area contributed by atoms with Gasteiger partial charge in [0.25, 0.3) is 0 Å². The highest BCUT2D eigenvalue weighted by Gasteiger charge is 2.43. The summed E-state index contributed by atoms with van der Waals surface area (Å²) in [5, 5.41) is 0. The van der Waals surface area contributed by atoms with Crippen LogP contribution < -0.4 is 16.4 Å². The predicted molar refractivity (Wildman–Crippen MR) is 127 cm³/mol. The molecule has 1 amide bonds. The Labute approximate surface area is 195 Å². The normalized spacial score (nSPS) is 28.0. The molecule has 1 aromatic heterocycles. The van der Waals surface area contributed by atoms with Crippen LogP contribution in [0.4, 0.5) is 16.6 Å². The maximum absolute atomic E-state index is 12.4. The second-order valence-corrected chi connectivity index (χ2v) is 9.29. The number of hydrogen-bond donors (Lipinski definition) is 2. The molecule has 0 radical (unpaired) electrons. The fourth-order valence-corrected chi connectivity index (χ4v) is 5.27. The van der Waals surface area contributed by atoms with E-state index in [4.69, 9.17) is 30.9 Å². The van der Waals surface area contributed by atoms with Gasteiger partial charge in [-0.3, -0.25) is 0 Å². The summed E-state index contributed by atoms with van der Waals surface area (Å²) >= 11 is 0. The first kappa shape index (κ1) is 23.3. The van der Waals surface area contributed by atoms with Gasteiger partial charge in [-0.15, -0.1) is 0 Å². The molecular formula is C23H35N7O3. The van der Waals surface area contributed by atoms with Gasteiger partial charge in [0.1, 0.15) is 5.84 Å². The molecule has 33 heavy (non-hydrogen) atoms. The number of methoxy groups -OCH3 is 1. The summed E-state index contributed by atoms with van der Waals surface area (Å²) in [6, 6.07) is 2.46. The number of carbonyl (C=O) groups excluding carboxylic acids is 1. The van der Waals surface area contributed by atoms with E-state index >= 15 is 0 Å². The number of rotatable bonds is 5. The van der Waals surface area contributed by atoms with Crippen molar-refractivity contribution in [1.29, 1.82) is 0 Å². The van der Waals surface area contributed by atoms with E-state index in [2.05, 4.69) is 9.89 Å². The first-order valence-electron chi connectivity index (χ1n) is 11.7. The molecule has 0 saturated carbocycles. The lowest BCUT2D eigenvalue weighted by atomic mass is 9.81. The molecule has 4 rings (SSSR count). The first-order chi connectivity index (χ1) is 15.9. The second-order valence-electron chi connectivity index (χ2n) is 9.29. The molecule has 0 aromatic carbocycles. The van der Waals surface area contributed by atoms with Crippen LogP contribution in [-0.4, -0.2) is 72.3 Å². The van der Waals surface area contributed by atoms with Gasteiger partial charge < -0.3 is 30.7 Å². The third-order valence-corrected chi connectivity index (χ3v) is 6.89. The minimum absolute atomic E-state index is 0.176. The lowest BCUT2D eigenvalue weighted by Gasteiger charge is -2.49. The summed E-state index contributed by atoms with van der Waals surface area (Å²) in [6.07, 6.45) is 7.16. The summed E-state index contributed by atoms with van der Waals surface area (Å²) in [7, 11) is 3.48. The van der Waals surface area contributed by atoms with Gasteiger partial charge in [-0.25, -0.2) is 14.8 Å². The Hall–Kier alpha value is -2.88. The minimum atomic E-state index is -0.222. The van der Waals surface area contributed by atoms with Gasteiger partial charge in [0.15, 0.2) is 5.82 Å². The molecule has 1 aromatic rings. The van der Waals surface area contributed by atoms with E-state index in [-0.39, 0.29) is 30.1 Å². The molecule has 2 bridgehead atoms. The van der Waals surface area contributed by atoms with Crippen LogP contribution in [0.15, 0.2) is 22.8 Å². The molecule has 3 saturated heterocycles. The van der Waals surface area contributed by atoms with Crippen molar-refractivity contribution in [1.82, 2.24) is 14.9 Å². The van der Waals surface area contributed by atoms with Crippen LogP contribution in [-0.2, 0) is 9.47 Å². The van der Waals surface area contributed by atoms with Crippen LogP contribution in [0.5, 0.6) is 0 Å². The highest BCUT2D eigenvalue weighted by molar-refractivity contribution is 5.93. The Bertz CT molecular complexity index is 911. The number of carbonyl (C=O) groups is 1. The fourth-order valence-electron chi connectivity index (χ4n) is 5.27. The zero-order chi connectivity index (χ0) is 23.5. The van der Waals surface area contributed by atoms with E-state index in [9.17, 15) is 4.79 Å². The number of aliphatic imine (C=N–C) groups is 1. The summed E-state index contributed by atoms with van der Waals surface area (Å²) in [4.78, 5) is 30.5. The van der Waals surface area contributed by atoms with Gasteiger partial charge in [-0.05, 0) is 51.5 Å². The van der Waals surface area contributed by atoms with Crippen molar-refractivity contribution in [3.8, 4) is 0 Å². The zero-order valence-corrected chi connectivity index (χ0v) is 19.7. The smallest absolute Gasteiger partial charge is 0.409 e. The number of nitrogens with two attached hydrogens (primary N) is 2. The summed E-state index contributed by atoms with van der Waals surface area (Å²) in [5.74, 6) is 1.64. The number of piperidine rings is 2. The zero-order valence-electron chi connectivity index (χ0n) is 19.7. The lowest BCUT2D eigenvalue weighted by Crippen LogP contribution is -2.58. The van der Waals surface area contributed by atoms with E-state index < -0.39 is 0 Å². The number of aromatic nitrogens is 2. The molecule has 3 aliphatic heterocycles. The lowest BCUT2D eigenvalue weighted by molar-refractivity contribution is 0.0260. The molecule has 4 atom stereocenters. The fraction of sp³-hybridized carbons (Fsp3) is 0.652. The van der Waals surface area contributed by atoms with E-state index in [1.807, 2.05) is 18.0 Å². The van der Waals surface area contributed by atoms with Gasteiger partial charge in [-0.2, -0.15) is 4.98 Å². The number of fused-ring (bicyclic) bond motifs is 2. The monoisotopic (exact) mass is 457 g/mol. The second kappa shape index (κ2) is 9.94.